The van der Waals surface area contributed by atoms with Crippen molar-refractivity contribution in [1.29, 1.82) is 0 Å². The fourth-order valence-corrected chi connectivity index (χ4v) is 3.33. The summed E-state index contributed by atoms with van der Waals surface area (Å²) in [6.07, 6.45) is 1.61. The summed E-state index contributed by atoms with van der Waals surface area (Å²) in [5.41, 5.74) is 1.89. The first-order valence-corrected chi connectivity index (χ1v) is 9.59. The van der Waals surface area contributed by atoms with Gasteiger partial charge < -0.3 is 9.52 Å². The highest BCUT2D eigenvalue weighted by molar-refractivity contribution is 6.34. The van der Waals surface area contributed by atoms with E-state index in [4.69, 9.17) is 27.6 Å². The molecule has 2 heterocycles. The van der Waals surface area contributed by atoms with Crippen molar-refractivity contribution in [2.75, 3.05) is 5.01 Å². The molecular weight excluding hydrogens is 427 g/mol. The van der Waals surface area contributed by atoms with Gasteiger partial charge in [-0.05, 0) is 67.6 Å². The number of carbonyl (C=O) groups excluding carboxylic acids is 1. The summed E-state index contributed by atoms with van der Waals surface area (Å²) >= 11 is 11.8. The minimum Gasteiger partial charge on any atom is -0.478 e. The van der Waals surface area contributed by atoms with Crippen LogP contribution in [0.5, 0.6) is 0 Å². The van der Waals surface area contributed by atoms with Crippen molar-refractivity contribution in [2.24, 2.45) is 5.10 Å². The third kappa shape index (κ3) is 3.75. The molecule has 2 aromatic carbocycles. The van der Waals surface area contributed by atoms with E-state index in [1.807, 2.05) is 12.1 Å². The van der Waals surface area contributed by atoms with Gasteiger partial charge in [-0.2, -0.15) is 10.1 Å². The summed E-state index contributed by atoms with van der Waals surface area (Å²) in [6.45, 7) is 1.70. The molecule has 8 heteroatoms. The molecule has 0 aliphatic carbocycles. The Bertz CT molecular complexity index is 1230. The minimum absolute atomic E-state index is 0.0830. The normalized spacial score (nSPS) is 15.0. The monoisotopic (exact) mass is 440 g/mol. The van der Waals surface area contributed by atoms with Crippen LogP contribution in [0.2, 0.25) is 10.0 Å². The number of aromatic carboxylic acids is 1. The molecule has 0 unspecified atom stereocenters. The van der Waals surface area contributed by atoms with Crippen molar-refractivity contribution in [3.8, 4) is 11.3 Å². The van der Waals surface area contributed by atoms with E-state index in [9.17, 15) is 14.7 Å². The Morgan fingerprint density at radius 2 is 1.83 bits per heavy atom. The molecule has 1 aliphatic heterocycles. The van der Waals surface area contributed by atoms with Crippen molar-refractivity contribution in [3.63, 3.8) is 0 Å². The number of anilines is 1. The van der Waals surface area contributed by atoms with Crippen LogP contribution >= 0.6 is 23.2 Å². The molecule has 1 amide bonds. The van der Waals surface area contributed by atoms with Gasteiger partial charge in [-0.3, -0.25) is 4.79 Å². The van der Waals surface area contributed by atoms with Crippen LogP contribution in [0.1, 0.15) is 23.0 Å². The van der Waals surface area contributed by atoms with Gasteiger partial charge in [0.25, 0.3) is 5.91 Å². The highest BCUT2D eigenvalue weighted by Gasteiger charge is 2.30. The molecule has 150 valence electrons. The fourth-order valence-electron chi connectivity index (χ4n) is 3.01. The van der Waals surface area contributed by atoms with E-state index >= 15 is 0 Å². The third-order valence-electron chi connectivity index (χ3n) is 4.53. The number of nitrogens with zero attached hydrogens (tertiary/aromatic N) is 2. The SMILES string of the molecule is CC1=NN(c2ccc(Cl)c(C(=O)O)c2)C(=O)C1=Cc1ccc(-c2ccc(Cl)cc2)o1. The number of benzene rings is 2. The number of amides is 1. The number of hydrazone groups is 1. The molecule has 0 atom stereocenters. The second-order valence-electron chi connectivity index (χ2n) is 6.54. The van der Waals surface area contributed by atoms with E-state index in [2.05, 4.69) is 5.10 Å². The lowest BCUT2D eigenvalue weighted by molar-refractivity contribution is -0.114. The lowest BCUT2D eigenvalue weighted by Gasteiger charge is -2.12. The third-order valence-corrected chi connectivity index (χ3v) is 5.11. The van der Waals surface area contributed by atoms with Crippen LogP contribution in [0.25, 0.3) is 17.4 Å². The predicted molar refractivity (Wildman–Crippen MR) is 116 cm³/mol. The molecule has 1 aliphatic rings. The molecule has 0 radical (unpaired) electrons. The molecule has 1 N–H and O–H groups in total. The van der Waals surface area contributed by atoms with E-state index in [0.717, 1.165) is 10.6 Å². The van der Waals surface area contributed by atoms with Gasteiger partial charge in [-0.25, -0.2) is 4.79 Å². The molecule has 4 rings (SSSR count). The van der Waals surface area contributed by atoms with Crippen molar-refractivity contribution in [1.82, 2.24) is 0 Å². The number of carbonyl (C=O) groups is 2. The van der Waals surface area contributed by atoms with Crippen LogP contribution in [0.4, 0.5) is 5.69 Å². The standard InChI is InChI=1S/C22H14Cl2N2O4/c1-12-17(11-16-7-9-20(30-16)13-2-4-14(23)5-3-13)21(27)26(25-12)15-6-8-19(24)18(10-15)22(28)29/h2-11H,1H3,(H,28,29). The molecule has 0 saturated carbocycles. The van der Waals surface area contributed by atoms with Crippen molar-refractivity contribution < 1.29 is 19.1 Å². The number of furan rings is 1. The molecule has 30 heavy (non-hydrogen) atoms. The molecule has 1 aromatic heterocycles. The number of rotatable bonds is 4. The van der Waals surface area contributed by atoms with Gasteiger partial charge in [-0.15, -0.1) is 0 Å². The summed E-state index contributed by atoms with van der Waals surface area (Å²) in [4.78, 5) is 24.2. The first-order chi connectivity index (χ1) is 14.3. The summed E-state index contributed by atoms with van der Waals surface area (Å²) in [7, 11) is 0. The van der Waals surface area contributed by atoms with E-state index in [0.29, 0.717) is 33.5 Å². The van der Waals surface area contributed by atoms with Crippen LogP contribution in [-0.4, -0.2) is 22.7 Å². The molecule has 6 nitrogen and oxygen atoms in total. The van der Waals surface area contributed by atoms with Gasteiger partial charge >= 0.3 is 5.97 Å². The van der Waals surface area contributed by atoms with Crippen LogP contribution in [-0.2, 0) is 4.79 Å². The second-order valence-corrected chi connectivity index (χ2v) is 7.38. The Labute approximate surface area is 181 Å². The van der Waals surface area contributed by atoms with E-state index in [1.54, 1.807) is 37.3 Å². The van der Waals surface area contributed by atoms with Gasteiger partial charge in [0.05, 0.1) is 27.6 Å². The number of carboxylic acid groups (broad SMARTS) is 1. The Morgan fingerprint density at radius 1 is 1.10 bits per heavy atom. The summed E-state index contributed by atoms with van der Waals surface area (Å²) in [5, 5.41) is 15.4. The van der Waals surface area contributed by atoms with Gasteiger partial charge in [0, 0.05) is 10.6 Å². The maximum absolute atomic E-state index is 12.9. The Kier molecular flexibility index (Phi) is 5.20. The Hall–Kier alpha value is -3.35. The zero-order valence-electron chi connectivity index (χ0n) is 15.6. The number of halogens is 2. The van der Waals surface area contributed by atoms with Crippen molar-refractivity contribution >= 4 is 52.6 Å². The molecular formula is C22H14Cl2N2O4. The summed E-state index contributed by atoms with van der Waals surface area (Å²) < 4.78 is 5.84. The average molecular weight is 441 g/mol. The summed E-state index contributed by atoms with van der Waals surface area (Å²) in [5.74, 6) is -0.452. The largest absolute Gasteiger partial charge is 0.478 e. The lowest BCUT2D eigenvalue weighted by Crippen LogP contribution is -2.21. The topological polar surface area (TPSA) is 83.1 Å². The molecule has 0 fully saturated rings. The first-order valence-electron chi connectivity index (χ1n) is 8.84. The Morgan fingerprint density at radius 3 is 2.53 bits per heavy atom. The predicted octanol–water partition coefficient (Wildman–Crippen LogP) is 5.76. The van der Waals surface area contributed by atoms with Crippen LogP contribution in [0, 0.1) is 0 Å². The second kappa shape index (κ2) is 7.82. The van der Waals surface area contributed by atoms with E-state index in [1.165, 1.54) is 18.2 Å². The zero-order chi connectivity index (χ0) is 21.4. The number of carboxylic acids is 1. The molecule has 0 bridgehead atoms. The highest BCUT2D eigenvalue weighted by atomic mass is 35.5. The van der Waals surface area contributed by atoms with Crippen LogP contribution in [0.3, 0.4) is 0 Å². The van der Waals surface area contributed by atoms with Crippen molar-refractivity contribution in [2.45, 2.75) is 6.92 Å². The van der Waals surface area contributed by atoms with Gasteiger partial charge in [0.1, 0.15) is 11.5 Å². The smallest absolute Gasteiger partial charge is 0.337 e. The van der Waals surface area contributed by atoms with Gasteiger partial charge in [0.2, 0.25) is 0 Å². The van der Waals surface area contributed by atoms with Gasteiger partial charge in [-0.1, -0.05) is 23.2 Å². The number of hydrogen-bond donors (Lipinski definition) is 1. The Balaban J connectivity index is 1.63. The average Bonchev–Trinajstić information content (AvgIpc) is 3.29. The zero-order valence-corrected chi connectivity index (χ0v) is 17.1. The van der Waals surface area contributed by atoms with Crippen molar-refractivity contribution in [3.05, 3.63) is 81.5 Å². The highest BCUT2D eigenvalue weighted by Crippen LogP contribution is 2.30. The minimum atomic E-state index is -1.18. The maximum atomic E-state index is 12.9. The van der Waals surface area contributed by atoms with E-state index < -0.39 is 11.9 Å². The quantitative estimate of drug-likeness (QED) is 0.522. The van der Waals surface area contributed by atoms with E-state index in [-0.39, 0.29) is 10.6 Å². The first kappa shape index (κ1) is 19.9. The van der Waals surface area contributed by atoms with Crippen LogP contribution < -0.4 is 5.01 Å². The molecule has 0 saturated heterocycles. The van der Waals surface area contributed by atoms with Gasteiger partial charge in [0.15, 0.2) is 0 Å². The number of hydrogen-bond acceptors (Lipinski definition) is 4. The van der Waals surface area contributed by atoms with Crippen LogP contribution in [0.15, 0.2) is 69.7 Å². The molecule has 3 aromatic rings. The fraction of sp³-hybridized carbons (Fsp3) is 0.0455. The molecule has 0 spiro atoms. The lowest BCUT2D eigenvalue weighted by atomic mass is 10.1. The summed E-state index contributed by atoms with van der Waals surface area (Å²) in [6, 6.07) is 15.1. The maximum Gasteiger partial charge on any atom is 0.337 e.